The molecular weight excluding hydrogens is 351 g/mol. The Morgan fingerprint density at radius 1 is 1.14 bits per heavy atom. The fourth-order valence-corrected chi connectivity index (χ4v) is 0. The fourth-order valence-electron chi connectivity index (χ4n) is 0. The number of rotatable bonds is 0. The molecule has 0 N–H and O–H groups in total. The monoisotopic (exact) mass is 353 g/mol. The molecule has 0 bridgehead atoms. The van der Waals surface area contributed by atoms with E-state index >= 15 is 0 Å². The molecule has 0 heterocycles. The van der Waals surface area contributed by atoms with Crippen molar-refractivity contribution >= 4 is 32.0 Å². The van der Waals surface area contributed by atoms with Gasteiger partial charge >= 0.3 is 46.8 Å². The average Bonchev–Trinajstić information content (AvgIpc) is 1.00. The van der Waals surface area contributed by atoms with E-state index in [0.29, 0.717) is 0 Å². The first-order valence-corrected chi connectivity index (χ1v) is 3.91. The van der Waals surface area contributed by atoms with Crippen LogP contribution in [0.25, 0.3) is 0 Å². The molecular formula is H5CuFeMgMnNiSiZn. The van der Waals surface area contributed by atoms with Crippen molar-refractivity contribution < 1.29 is 85.5 Å². The molecule has 0 aromatic heterocycles. The van der Waals surface area contributed by atoms with Crippen LogP contribution >= 0.6 is 0 Å². The molecule has 0 aliphatic rings. The zero-order chi connectivity index (χ0) is 2.00. The van der Waals surface area contributed by atoms with Gasteiger partial charge in [-0.2, -0.15) is 0 Å². The normalized spacial score (nSPS) is 1.43. The Balaban J connectivity index is -0.000000000500. The molecule has 7 heteroatoms. The van der Waals surface area contributed by atoms with Gasteiger partial charge in [-0.3, -0.25) is 0 Å². The smallest absolute Gasteiger partial charge is 0 e. The summed E-state index contributed by atoms with van der Waals surface area (Å²) in [4.78, 5) is 0. The van der Waals surface area contributed by atoms with Crippen LogP contribution in [0.2, 0.25) is 0 Å². The molecule has 2 radical (unpaired) electrons. The Hall–Kier alpha value is 3.66. The summed E-state index contributed by atoms with van der Waals surface area (Å²) in [5.74, 6) is 0. The molecule has 7 heavy (non-hydrogen) atoms. The number of hydrogen-bond acceptors (Lipinski definition) is 0. The Morgan fingerprint density at radius 3 is 1.14 bits per heavy atom. The van der Waals surface area contributed by atoms with Gasteiger partial charge in [0.15, 0.2) is 0 Å². The van der Waals surface area contributed by atoms with Gasteiger partial charge in [0, 0.05) is 70.7 Å². The number of hydrogen-bond donors (Lipinski definition) is 0. The molecule has 0 aliphatic carbocycles. The second-order valence-corrected chi connectivity index (χ2v) is 0. The summed E-state index contributed by atoms with van der Waals surface area (Å²) in [6.45, 7) is 0. The van der Waals surface area contributed by atoms with E-state index in [1.165, 1.54) is 0 Å². The molecule has 0 aromatic carbocycles. The van der Waals surface area contributed by atoms with Crippen LogP contribution in [0, 0.1) is 0 Å². The van der Waals surface area contributed by atoms with Crippen molar-refractivity contribution in [1.29, 1.82) is 0 Å². The molecule has 0 spiro atoms. The molecule has 0 unspecified atom stereocenters. The van der Waals surface area contributed by atoms with Crippen molar-refractivity contribution in [3.63, 3.8) is 0 Å². The molecule has 49 valence electrons. The average molecular weight is 356 g/mol. The van der Waals surface area contributed by atoms with Gasteiger partial charge in [0.2, 0.25) is 0 Å². The van der Waals surface area contributed by atoms with Crippen LogP contribution in [0.15, 0.2) is 0 Å². The standard InChI is InChI=1S/Cu.Fe.Mg.Mn.Ni.H3Si.Zn.2H/h;;;;;1H3;;;. The van der Waals surface area contributed by atoms with E-state index in [0.717, 1.165) is 8.94 Å². The van der Waals surface area contributed by atoms with Gasteiger partial charge in [-0.1, -0.05) is 0 Å². The van der Waals surface area contributed by atoms with Crippen LogP contribution in [0.3, 0.4) is 0 Å². The summed E-state index contributed by atoms with van der Waals surface area (Å²) in [6, 6.07) is 0. The summed E-state index contributed by atoms with van der Waals surface area (Å²) in [5, 5.41) is 0. The second kappa shape index (κ2) is 54.1. The first kappa shape index (κ1) is 45.8. The maximum atomic E-state index is 4.01. The maximum Gasteiger partial charge on any atom is 0 e. The minimum atomic E-state index is 0. The molecule has 0 amide bonds. The molecule has 0 saturated carbocycles. The Labute approximate surface area is 115 Å². The van der Waals surface area contributed by atoms with Gasteiger partial charge < -0.3 is 0 Å². The van der Waals surface area contributed by atoms with E-state index in [1.807, 2.05) is 0 Å². The van der Waals surface area contributed by atoms with Gasteiger partial charge in [0.05, 0.1) is 0 Å². The van der Waals surface area contributed by atoms with Crippen molar-refractivity contribution in [3.8, 4) is 0 Å². The summed E-state index contributed by atoms with van der Waals surface area (Å²) in [7, 11) is 0.931. The third kappa shape index (κ3) is 42.3. The molecule has 0 saturated heterocycles. The zero-order valence-corrected chi connectivity index (χ0v) is 12.2. The van der Waals surface area contributed by atoms with Crippen LogP contribution in [0.4, 0.5) is 0 Å². The van der Waals surface area contributed by atoms with Crippen LogP contribution in [-0.4, -0.2) is 32.0 Å². The molecule has 0 fully saturated rings. The quantitative estimate of drug-likeness (QED) is 0.436. The van der Waals surface area contributed by atoms with E-state index in [4.69, 9.17) is 0 Å². The molecule has 0 nitrogen and oxygen atoms in total. The Bertz CT molecular complexity index is 19.7. The zero-order valence-electron chi connectivity index (χ0n) is 3.06. The summed E-state index contributed by atoms with van der Waals surface area (Å²) in [5.41, 5.74) is 0. The summed E-state index contributed by atoms with van der Waals surface area (Å²) >= 11 is 4.01. The summed E-state index contributed by atoms with van der Waals surface area (Å²) < 4.78 is 0. The third-order valence-electron chi connectivity index (χ3n) is 0. The first-order chi connectivity index (χ1) is 1.00. The predicted molar refractivity (Wildman–Crippen MR) is 18.5 cm³/mol. The third-order valence-corrected chi connectivity index (χ3v) is 0. The second-order valence-electron chi connectivity index (χ2n) is 0. The van der Waals surface area contributed by atoms with E-state index in [-0.39, 0.29) is 93.7 Å². The van der Waals surface area contributed by atoms with Gasteiger partial charge in [0.25, 0.3) is 0 Å². The summed E-state index contributed by atoms with van der Waals surface area (Å²) in [6.07, 6.45) is 0. The van der Waals surface area contributed by atoms with E-state index in [2.05, 4.69) is 14.8 Å². The fraction of sp³-hybridized carbons (Fsp3) is 0. The Morgan fingerprint density at radius 2 is 1.14 bits per heavy atom. The van der Waals surface area contributed by atoms with Crippen LogP contribution in [0.5, 0.6) is 0 Å². The molecule has 0 rings (SSSR count). The SMILES string of the molecule is [Cu].[Fe].[MgH2].[Mn].[SiH3][Ni].[Zn]. The van der Waals surface area contributed by atoms with Gasteiger partial charge in [0.1, 0.15) is 0 Å². The predicted octanol–water partition coefficient (Wildman–Crippen LogP) is -2.11. The first-order valence-electron chi connectivity index (χ1n) is 0.316. The minimum absolute atomic E-state index is 0. The van der Waals surface area contributed by atoms with Crippen molar-refractivity contribution in [2.24, 2.45) is 0 Å². The molecule has 0 aliphatic heterocycles. The van der Waals surface area contributed by atoms with E-state index < -0.39 is 0 Å². The van der Waals surface area contributed by atoms with Gasteiger partial charge in [-0.15, -0.1) is 0 Å². The van der Waals surface area contributed by atoms with Crippen molar-refractivity contribution in [3.05, 3.63) is 0 Å². The minimum Gasteiger partial charge on any atom is 0 e. The van der Waals surface area contributed by atoms with Crippen LogP contribution < -0.4 is 0 Å². The topological polar surface area (TPSA) is 0 Å². The van der Waals surface area contributed by atoms with E-state index in [9.17, 15) is 0 Å². The van der Waals surface area contributed by atoms with Crippen LogP contribution in [0.1, 0.15) is 0 Å². The van der Waals surface area contributed by atoms with Crippen molar-refractivity contribution in [2.75, 3.05) is 0 Å². The largest absolute Gasteiger partial charge is 0 e. The maximum absolute atomic E-state index is 4.01. The van der Waals surface area contributed by atoms with Gasteiger partial charge in [-0.25, -0.2) is 0 Å². The van der Waals surface area contributed by atoms with Crippen LogP contribution in [-0.2, 0) is 85.5 Å². The molecule has 0 atom stereocenters. The van der Waals surface area contributed by atoms with Crippen molar-refractivity contribution in [2.45, 2.75) is 0 Å². The van der Waals surface area contributed by atoms with E-state index in [1.54, 1.807) is 0 Å². The molecule has 0 aromatic rings. The van der Waals surface area contributed by atoms with Gasteiger partial charge in [-0.05, 0) is 0 Å². The van der Waals surface area contributed by atoms with Crippen molar-refractivity contribution in [1.82, 2.24) is 0 Å². The Kier molecular flexibility index (Phi) is 354.